The number of benzene rings is 1. The number of azide groups is 1. The van der Waals surface area contributed by atoms with Crippen LogP contribution in [0.25, 0.3) is 10.4 Å². The molecule has 0 spiro atoms. The summed E-state index contributed by atoms with van der Waals surface area (Å²) < 4.78 is 5.44. The number of rotatable bonds is 2. The van der Waals surface area contributed by atoms with Gasteiger partial charge in [-0.15, -0.1) is 0 Å². The molecule has 0 bridgehead atoms. The van der Waals surface area contributed by atoms with Gasteiger partial charge in [-0.05, 0) is 23.2 Å². The molecule has 1 aliphatic rings. The molecule has 0 radical (unpaired) electrons. The maximum Gasteiger partial charge on any atom is 0.126 e. The van der Waals surface area contributed by atoms with Crippen LogP contribution in [0.1, 0.15) is 11.1 Å². The van der Waals surface area contributed by atoms with E-state index in [1.165, 1.54) is 0 Å². The molecule has 1 aliphatic heterocycles. The molecular weight excluding hydrogens is 202 g/mol. The summed E-state index contributed by atoms with van der Waals surface area (Å²) in [5, 5.41) is 4.17. The van der Waals surface area contributed by atoms with Crippen molar-refractivity contribution in [3.63, 3.8) is 0 Å². The summed E-state index contributed by atoms with van der Waals surface area (Å²) in [6, 6.07) is 3.67. The molecule has 0 fully saturated rings. The van der Waals surface area contributed by atoms with E-state index in [2.05, 4.69) is 10.0 Å². The van der Waals surface area contributed by atoms with Crippen molar-refractivity contribution in [2.24, 2.45) is 5.11 Å². The Hall–Kier alpha value is -1.38. The lowest BCUT2D eigenvalue weighted by Gasteiger charge is -2.05. The van der Waals surface area contributed by atoms with Crippen molar-refractivity contribution in [2.45, 2.75) is 13.0 Å². The van der Waals surface area contributed by atoms with Crippen LogP contribution >= 0.6 is 11.6 Å². The Labute approximate surface area is 86.1 Å². The molecule has 2 rings (SSSR count). The first-order chi connectivity index (χ1) is 6.81. The summed E-state index contributed by atoms with van der Waals surface area (Å²) in [5.74, 6) is 0.835. The van der Waals surface area contributed by atoms with Gasteiger partial charge < -0.3 is 4.74 Å². The van der Waals surface area contributed by atoms with Crippen molar-refractivity contribution in [3.8, 4) is 5.75 Å². The number of nitrogens with zero attached hydrogens (tertiary/aromatic N) is 3. The van der Waals surface area contributed by atoms with Gasteiger partial charge in [0.2, 0.25) is 0 Å². The minimum Gasteiger partial charge on any atom is -0.493 e. The first kappa shape index (κ1) is 9.19. The Kier molecular flexibility index (Phi) is 2.48. The standard InChI is InChI=1S/C9H8ClN3O/c10-8-3-6-1-2-14-9(6)7(4-8)5-12-13-11/h3-4H,1-2,5H2. The molecular formula is C9H8ClN3O. The summed E-state index contributed by atoms with van der Waals surface area (Å²) in [6.07, 6.45) is 0.874. The van der Waals surface area contributed by atoms with E-state index in [-0.39, 0.29) is 0 Å². The molecule has 5 heteroatoms. The van der Waals surface area contributed by atoms with Gasteiger partial charge in [0.15, 0.2) is 0 Å². The zero-order valence-corrected chi connectivity index (χ0v) is 8.16. The smallest absolute Gasteiger partial charge is 0.126 e. The van der Waals surface area contributed by atoms with Gasteiger partial charge in [0.05, 0.1) is 13.2 Å². The third-order valence-electron chi connectivity index (χ3n) is 2.13. The van der Waals surface area contributed by atoms with E-state index in [4.69, 9.17) is 21.9 Å². The molecule has 72 valence electrons. The Morgan fingerprint density at radius 1 is 1.57 bits per heavy atom. The minimum absolute atomic E-state index is 0.291. The van der Waals surface area contributed by atoms with Crippen LogP contribution in [0.5, 0.6) is 5.75 Å². The lowest BCUT2D eigenvalue weighted by molar-refractivity contribution is 0.353. The van der Waals surface area contributed by atoms with Crippen LogP contribution in [0.4, 0.5) is 0 Å². The Balaban J connectivity index is 2.43. The fourth-order valence-corrected chi connectivity index (χ4v) is 1.83. The highest BCUT2D eigenvalue weighted by molar-refractivity contribution is 6.30. The maximum atomic E-state index is 8.23. The number of fused-ring (bicyclic) bond motifs is 1. The van der Waals surface area contributed by atoms with Crippen molar-refractivity contribution >= 4 is 11.6 Å². The molecule has 0 unspecified atom stereocenters. The van der Waals surface area contributed by atoms with Gasteiger partial charge in [-0.3, -0.25) is 0 Å². The van der Waals surface area contributed by atoms with E-state index in [1.807, 2.05) is 6.07 Å². The second-order valence-corrected chi connectivity index (χ2v) is 3.48. The van der Waals surface area contributed by atoms with Gasteiger partial charge in [0.25, 0.3) is 0 Å². The Morgan fingerprint density at radius 3 is 3.21 bits per heavy atom. The zero-order chi connectivity index (χ0) is 9.97. The van der Waals surface area contributed by atoms with E-state index < -0.39 is 0 Å². The van der Waals surface area contributed by atoms with E-state index in [0.717, 1.165) is 23.3 Å². The fraction of sp³-hybridized carbons (Fsp3) is 0.333. The van der Waals surface area contributed by atoms with Crippen molar-refractivity contribution in [2.75, 3.05) is 6.61 Å². The average molecular weight is 210 g/mol. The predicted octanol–water partition coefficient (Wildman–Crippen LogP) is 3.09. The van der Waals surface area contributed by atoms with Gasteiger partial charge in [0.1, 0.15) is 5.75 Å². The van der Waals surface area contributed by atoms with Gasteiger partial charge in [-0.1, -0.05) is 16.7 Å². The summed E-state index contributed by atoms with van der Waals surface area (Å²) in [6.45, 7) is 0.971. The summed E-state index contributed by atoms with van der Waals surface area (Å²) in [5.41, 5.74) is 10.2. The highest BCUT2D eigenvalue weighted by atomic mass is 35.5. The van der Waals surface area contributed by atoms with Crippen LogP contribution in [0.3, 0.4) is 0 Å². The van der Waals surface area contributed by atoms with Crippen molar-refractivity contribution < 1.29 is 4.74 Å². The second-order valence-electron chi connectivity index (χ2n) is 3.04. The minimum atomic E-state index is 0.291. The summed E-state index contributed by atoms with van der Waals surface area (Å²) >= 11 is 5.92. The molecule has 0 amide bonds. The van der Waals surface area contributed by atoms with E-state index >= 15 is 0 Å². The molecule has 1 aromatic rings. The summed E-state index contributed by atoms with van der Waals surface area (Å²) in [7, 11) is 0. The van der Waals surface area contributed by atoms with Crippen LogP contribution in [0, 0.1) is 0 Å². The topological polar surface area (TPSA) is 58.0 Å². The lowest BCUT2D eigenvalue weighted by Crippen LogP contribution is -1.90. The Bertz CT molecular complexity index is 413. The first-order valence-corrected chi connectivity index (χ1v) is 4.64. The number of ether oxygens (including phenoxy) is 1. The molecule has 0 saturated heterocycles. The molecule has 1 aromatic carbocycles. The third kappa shape index (κ3) is 1.62. The van der Waals surface area contributed by atoms with Crippen LogP contribution in [-0.2, 0) is 13.0 Å². The molecule has 0 aromatic heterocycles. The molecule has 14 heavy (non-hydrogen) atoms. The highest BCUT2D eigenvalue weighted by Gasteiger charge is 2.16. The van der Waals surface area contributed by atoms with Gasteiger partial charge in [0, 0.05) is 21.9 Å². The number of halogens is 1. The highest BCUT2D eigenvalue weighted by Crippen LogP contribution is 2.33. The van der Waals surface area contributed by atoms with E-state index in [1.54, 1.807) is 6.07 Å². The monoisotopic (exact) mass is 209 g/mol. The van der Waals surface area contributed by atoms with E-state index in [9.17, 15) is 0 Å². The molecule has 1 heterocycles. The SMILES string of the molecule is [N-]=[N+]=NCc1cc(Cl)cc2c1OCC2. The van der Waals surface area contributed by atoms with Crippen molar-refractivity contribution in [1.29, 1.82) is 0 Å². The molecule has 0 N–H and O–H groups in total. The summed E-state index contributed by atoms with van der Waals surface area (Å²) in [4.78, 5) is 2.71. The normalized spacial score (nSPS) is 12.9. The Morgan fingerprint density at radius 2 is 2.43 bits per heavy atom. The van der Waals surface area contributed by atoms with E-state index in [0.29, 0.717) is 18.2 Å². The van der Waals surface area contributed by atoms with Gasteiger partial charge in [-0.25, -0.2) is 0 Å². The van der Waals surface area contributed by atoms with Crippen molar-refractivity contribution in [1.82, 2.24) is 0 Å². The van der Waals surface area contributed by atoms with Crippen LogP contribution in [0.2, 0.25) is 5.02 Å². The number of hydrogen-bond acceptors (Lipinski definition) is 2. The lowest BCUT2D eigenvalue weighted by atomic mass is 10.1. The predicted molar refractivity (Wildman–Crippen MR) is 53.5 cm³/mol. The van der Waals surface area contributed by atoms with Gasteiger partial charge in [-0.2, -0.15) is 0 Å². The fourth-order valence-electron chi connectivity index (χ4n) is 1.57. The second kappa shape index (κ2) is 3.78. The zero-order valence-electron chi connectivity index (χ0n) is 7.40. The largest absolute Gasteiger partial charge is 0.493 e. The maximum absolute atomic E-state index is 8.23. The number of hydrogen-bond donors (Lipinski definition) is 0. The third-order valence-corrected chi connectivity index (χ3v) is 2.35. The quantitative estimate of drug-likeness (QED) is 0.420. The molecule has 0 atom stereocenters. The van der Waals surface area contributed by atoms with Crippen molar-refractivity contribution in [3.05, 3.63) is 38.7 Å². The molecule has 0 aliphatic carbocycles. The molecule has 4 nitrogen and oxygen atoms in total. The first-order valence-electron chi connectivity index (χ1n) is 4.26. The van der Waals surface area contributed by atoms with Gasteiger partial charge >= 0.3 is 0 Å². The van der Waals surface area contributed by atoms with Crippen LogP contribution in [0.15, 0.2) is 17.2 Å². The molecule has 0 saturated carbocycles. The van der Waals surface area contributed by atoms with Crippen LogP contribution < -0.4 is 4.74 Å². The van der Waals surface area contributed by atoms with Crippen LogP contribution in [-0.4, -0.2) is 6.61 Å². The average Bonchev–Trinajstić information content (AvgIpc) is 2.61.